The average molecular weight is 304 g/mol. The lowest BCUT2D eigenvalue weighted by molar-refractivity contribution is 0.414. The van der Waals surface area contributed by atoms with Gasteiger partial charge in [-0.15, -0.1) is 0 Å². The molecule has 0 unspecified atom stereocenters. The zero-order valence-corrected chi connectivity index (χ0v) is 12.5. The molecule has 0 radical (unpaired) electrons. The Balaban J connectivity index is 1.92. The molecule has 2 rings (SSSR count). The van der Waals surface area contributed by atoms with Gasteiger partial charge in [-0.25, -0.2) is 4.39 Å². The fourth-order valence-corrected chi connectivity index (χ4v) is 2.07. The highest BCUT2D eigenvalue weighted by atomic mass is 32.1. The number of benzene rings is 2. The maximum absolute atomic E-state index is 13.8. The third kappa shape index (κ3) is 4.16. The molecule has 5 heteroatoms. The van der Waals surface area contributed by atoms with Gasteiger partial charge in [0, 0.05) is 12.1 Å². The van der Waals surface area contributed by atoms with Crippen LogP contribution >= 0.6 is 12.2 Å². The van der Waals surface area contributed by atoms with Crippen molar-refractivity contribution in [1.29, 1.82) is 0 Å². The van der Waals surface area contributed by atoms with Gasteiger partial charge in [0.15, 0.2) is 0 Å². The van der Waals surface area contributed by atoms with E-state index in [0.29, 0.717) is 17.8 Å². The normalized spacial score (nSPS) is 10.2. The van der Waals surface area contributed by atoms with E-state index in [0.717, 1.165) is 17.7 Å². The molecular weight excluding hydrogens is 287 g/mol. The fraction of sp³-hybridized carbons (Fsp3) is 0.188. The zero-order valence-electron chi connectivity index (χ0n) is 11.7. The predicted molar refractivity (Wildman–Crippen MR) is 87.5 cm³/mol. The molecule has 2 aromatic carbocycles. The van der Waals surface area contributed by atoms with Gasteiger partial charge < -0.3 is 15.8 Å². The van der Waals surface area contributed by atoms with Crippen molar-refractivity contribution >= 4 is 22.9 Å². The minimum Gasteiger partial charge on any atom is -0.497 e. The summed E-state index contributed by atoms with van der Waals surface area (Å²) in [4.78, 5) is 0.193. The maximum Gasteiger partial charge on any atom is 0.146 e. The van der Waals surface area contributed by atoms with Crippen molar-refractivity contribution in [2.45, 2.75) is 6.42 Å². The van der Waals surface area contributed by atoms with Crippen LogP contribution in [0.4, 0.5) is 10.1 Å². The van der Waals surface area contributed by atoms with E-state index in [1.807, 2.05) is 24.3 Å². The summed E-state index contributed by atoms with van der Waals surface area (Å²) >= 11 is 4.82. The molecule has 0 fully saturated rings. The lowest BCUT2D eigenvalue weighted by Crippen LogP contribution is -2.11. The van der Waals surface area contributed by atoms with Crippen LogP contribution in [0.15, 0.2) is 42.5 Å². The van der Waals surface area contributed by atoms with Crippen LogP contribution in [0.5, 0.6) is 5.75 Å². The first kappa shape index (κ1) is 15.3. The second-order valence-corrected chi connectivity index (χ2v) is 5.02. The predicted octanol–water partition coefficient (Wildman–Crippen LogP) is 3.12. The van der Waals surface area contributed by atoms with Crippen LogP contribution in [0.2, 0.25) is 0 Å². The first-order valence-corrected chi connectivity index (χ1v) is 6.97. The number of rotatable bonds is 6. The summed E-state index contributed by atoms with van der Waals surface area (Å²) in [6.45, 7) is 0.635. The van der Waals surface area contributed by atoms with Crippen LogP contribution in [0.1, 0.15) is 11.1 Å². The van der Waals surface area contributed by atoms with Crippen molar-refractivity contribution < 1.29 is 9.13 Å². The van der Waals surface area contributed by atoms with Gasteiger partial charge in [-0.05, 0) is 42.3 Å². The molecule has 0 saturated heterocycles. The van der Waals surface area contributed by atoms with Crippen molar-refractivity contribution in [3.05, 3.63) is 59.4 Å². The summed E-state index contributed by atoms with van der Waals surface area (Å²) in [7, 11) is 1.63. The maximum atomic E-state index is 13.8. The molecule has 0 aliphatic rings. The molecule has 2 aromatic rings. The number of nitrogens with two attached hydrogens (primary N) is 1. The molecule has 3 N–H and O–H groups in total. The average Bonchev–Trinajstić information content (AvgIpc) is 2.49. The molecule has 0 aromatic heterocycles. The van der Waals surface area contributed by atoms with Crippen LogP contribution in [-0.2, 0) is 6.42 Å². The smallest absolute Gasteiger partial charge is 0.146 e. The Morgan fingerprint density at radius 1 is 1.24 bits per heavy atom. The van der Waals surface area contributed by atoms with Gasteiger partial charge >= 0.3 is 0 Å². The van der Waals surface area contributed by atoms with Crippen LogP contribution in [0.25, 0.3) is 0 Å². The molecule has 21 heavy (non-hydrogen) atoms. The highest BCUT2D eigenvalue weighted by molar-refractivity contribution is 7.80. The molecule has 110 valence electrons. The van der Waals surface area contributed by atoms with E-state index >= 15 is 0 Å². The van der Waals surface area contributed by atoms with Gasteiger partial charge in [0.05, 0.1) is 12.8 Å². The number of nitrogens with one attached hydrogen (secondary N) is 1. The Morgan fingerprint density at radius 2 is 1.95 bits per heavy atom. The SMILES string of the molecule is COc1ccc(CCNc2ccc(C(N)=S)cc2F)cc1. The minimum atomic E-state index is -0.352. The fourth-order valence-electron chi connectivity index (χ4n) is 1.95. The van der Waals surface area contributed by atoms with E-state index in [4.69, 9.17) is 22.7 Å². The summed E-state index contributed by atoms with van der Waals surface area (Å²) in [5.41, 5.74) is 7.60. The second-order valence-electron chi connectivity index (χ2n) is 4.58. The quantitative estimate of drug-likeness (QED) is 0.805. The molecule has 3 nitrogen and oxygen atoms in total. The number of halogens is 1. The zero-order chi connectivity index (χ0) is 15.2. The van der Waals surface area contributed by atoms with Crippen LogP contribution < -0.4 is 15.8 Å². The van der Waals surface area contributed by atoms with Crippen LogP contribution in [-0.4, -0.2) is 18.6 Å². The third-order valence-electron chi connectivity index (χ3n) is 3.14. The van der Waals surface area contributed by atoms with Gasteiger partial charge in [-0.3, -0.25) is 0 Å². The largest absolute Gasteiger partial charge is 0.497 e. The highest BCUT2D eigenvalue weighted by Crippen LogP contribution is 2.16. The first-order chi connectivity index (χ1) is 10.1. The number of hydrogen-bond acceptors (Lipinski definition) is 3. The van der Waals surface area contributed by atoms with Crippen LogP contribution in [0.3, 0.4) is 0 Å². The number of hydrogen-bond donors (Lipinski definition) is 2. The molecule has 0 heterocycles. The van der Waals surface area contributed by atoms with E-state index in [2.05, 4.69) is 5.32 Å². The lowest BCUT2D eigenvalue weighted by atomic mass is 10.1. The van der Waals surface area contributed by atoms with E-state index in [1.165, 1.54) is 6.07 Å². The van der Waals surface area contributed by atoms with E-state index in [-0.39, 0.29) is 10.8 Å². The molecule has 0 aliphatic carbocycles. The van der Waals surface area contributed by atoms with Gasteiger partial charge in [-0.2, -0.15) is 0 Å². The number of ether oxygens (including phenoxy) is 1. The topological polar surface area (TPSA) is 47.3 Å². The Bertz CT molecular complexity index is 629. The Kier molecular flexibility index (Phi) is 5.11. The van der Waals surface area contributed by atoms with E-state index in [1.54, 1.807) is 19.2 Å². The Hall–Kier alpha value is -2.14. The molecule has 0 atom stereocenters. The van der Waals surface area contributed by atoms with Crippen molar-refractivity contribution in [2.24, 2.45) is 5.73 Å². The molecule has 0 spiro atoms. The number of methoxy groups -OCH3 is 1. The van der Waals surface area contributed by atoms with Gasteiger partial charge in [0.25, 0.3) is 0 Å². The third-order valence-corrected chi connectivity index (χ3v) is 3.38. The minimum absolute atomic E-state index is 0.193. The van der Waals surface area contributed by atoms with Crippen molar-refractivity contribution in [3.8, 4) is 5.75 Å². The standard InChI is InChI=1S/C16H17FN2OS/c1-20-13-5-2-11(3-6-13)8-9-19-15-7-4-12(16(18)21)10-14(15)17/h2-7,10,19H,8-9H2,1H3,(H2,18,21). The lowest BCUT2D eigenvalue weighted by Gasteiger charge is -2.09. The Morgan fingerprint density at radius 3 is 2.52 bits per heavy atom. The van der Waals surface area contributed by atoms with Crippen LogP contribution in [0, 0.1) is 5.82 Å². The number of thiocarbonyl (C=S) groups is 1. The monoisotopic (exact) mass is 304 g/mol. The van der Waals surface area contributed by atoms with E-state index < -0.39 is 0 Å². The molecule has 0 aliphatic heterocycles. The Labute approximate surface area is 128 Å². The number of anilines is 1. The highest BCUT2D eigenvalue weighted by Gasteiger charge is 2.04. The van der Waals surface area contributed by atoms with Gasteiger partial charge in [0.2, 0.25) is 0 Å². The second kappa shape index (κ2) is 7.04. The van der Waals surface area contributed by atoms with Crippen molar-refractivity contribution in [2.75, 3.05) is 19.0 Å². The van der Waals surface area contributed by atoms with Gasteiger partial charge in [-0.1, -0.05) is 24.4 Å². The molecular formula is C16H17FN2OS. The summed E-state index contributed by atoms with van der Waals surface area (Å²) in [6.07, 6.45) is 0.792. The molecule has 0 amide bonds. The van der Waals surface area contributed by atoms with Crippen molar-refractivity contribution in [3.63, 3.8) is 0 Å². The van der Waals surface area contributed by atoms with E-state index in [9.17, 15) is 4.39 Å². The summed E-state index contributed by atoms with van der Waals surface area (Å²) in [6, 6.07) is 12.5. The summed E-state index contributed by atoms with van der Waals surface area (Å²) < 4.78 is 18.9. The molecule has 0 bridgehead atoms. The first-order valence-electron chi connectivity index (χ1n) is 6.56. The summed E-state index contributed by atoms with van der Waals surface area (Å²) in [5.74, 6) is 0.473. The van der Waals surface area contributed by atoms with Gasteiger partial charge in [0.1, 0.15) is 16.6 Å². The molecule has 0 saturated carbocycles. The summed E-state index contributed by atoms with van der Waals surface area (Å²) in [5, 5.41) is 3.07. The van der Waals surface area contributed by atoms with Crippen molar-refractivity contribution in [1.82, 2.24) is 0 Å².